The zero-order chi connectivity index (χ0) is 20.5. The molecule has 6 nitrogen and oxygen atoms in total. The van der Waals surface area contributed by atoms with E-state index >= 15 is 0 Å². The molecule has 2 aromatic rings. The summed E-state index contributed by atoms with van der Waals surface area (Å²) in [6, 6.07) is 15.7. The van der Waals surface area contributed by atoms with Crippen LogP contribution in [0.15, 0.2) is 42.5 Å². The summed E-state index contributed by atoms with van der Waals surface area (Å²) < 4.78 is 11.4. The summed E-state index contributed by atoms with van der Waals surface area (Å²) in [5.41, 5.74) is 3.19. The number of hydrogen-bond acceptors (Lipinski definition) is 5. The van der Waals surface area contributed by atoms with Crippen LogP contribution in [-0.4, -0.2) is 38.3 Å². The minimum Gasteiger partial charge on any atom is -0.489 e. The fourth-order valence-electron chi connectivity index (χ4n) is 4.68. The van der Waals surface area contributed by atoms with Crippen molar-refractivity contribution in [3.8, 4) is 22.9 Å². The Morgan fingerprint density at radius 1 is 1.10 bits per heavy atom. The van der Waals surface area contributed by atoms with Gasteiger partial charge in [0.15, 0.2) is 0 Å². The molecular formula is C24H25N3O3. The quantitative estimate of drug-likeness (QED) is 0.801. The van der Waals surface area contributed by atoms with Gasteiger partial charge in [-0.15, -0.1) is 0 Å². The van der Waals surface area contributed by atoms with Crippen LogP contribution in [0.4, 0.5) is 5.69 Å². The highest BCUT2D eigenvalue weighted by molar-refractivity contribution is 5.95. The van der Waals surface area contributed by atoms with Crippen LogP contribution in [0, 0.1) is 29.1 Å². The Morgan fingerprint density at radius 3 is 2.63 bits per heavy atom. The number of anilines is 1. The molecule has 0 unspecified atom stereocenters. The number of carbonyl (C=O) groups excluding carboxylic acids is 1. The Balaban J connectivity index is 1.30. The summed E-state index contributed by atoms with van der Waals surface area (Å²) in [7, 11) is 0. The normalized spacial score (nSPS) is 25.2. The van der Waals surface area contributed by atoms with Gasteiger partial charge in [-0.2, -0.15) is 5.26 Å². The zero-order valence-corrected chi connectivity index (χ0v) is 16.8. The van der Waals surface area contributed by atoms with E-state index in [1.54, 1.807) is 0 Å². The highest BCUT2D eigenvalue weighted by Gasteiger charge is 2.56. The monoisotopic (exact) mass is 403 g/mol. The SMILES string of the molecule is N#Cc1cc(-c2cccc(NC(=O)[C@H]3[C@@H]4CNC[C@@H]43)c2)ccc1OC1CCOCC1. The highest BCUT2D eigenvalue weighted by atomic mass is 16.5. The molecule has 6 heteroatoms. The Labute approximate surface area is 176 Å². The lowest BCUT2D eigenvalue weighted by atomic mass is 10.0. The van der Waals surface area contributed by atoms with Gasteiger partial charge in [0.1, 0.15) is 17.9 Å². The Hall–Kier alpha value is -2.88. The van der Waals surface area contributed by atoms with Crippen molar-refractivity contribution in [2.24, 2.45) is 17.8 Å². The second-order valence-corrected chi connectivity index (χ2v) is 8.33. The minimum atomic E-state index is 0.0901. The number of fused-ring (bicyclic) bond motifs is 1. The molecule has 0 bridgehead atoms. The molecule has 1 aliphatic carbocycles. The van der Waals surface area contributed by atoms with Crippen molar-refractivity contribution >= 4 is 11.6 Å². The van der Waals surface area contributed by atoms with E-state index in [9.17, 15) is 10.1 Å². The van der Waals surface area contributed by atoms with E-state index in [2.05, 4.69) is 16.7 Å². The molecule has 3 atom stereocenters. The molecule has 3 aliphatic rings. The van der Waals surface area contributed by atoms with Gasteiger partial charge in [-0.3, -0.25) is 4.79 Å². The van der Waals surface area contributed by atoms with Crippen LogP contribution < -0.4 is 15.4 Å². The number of rotatable bonds is 5. The van der Waals surface area contributed by atoms with E-state index in [0.717, 1.165) is 42.7 Å². The number of piperidine rings is 1. The Bertz CT molecular complexity index is 983. The third-order valence-electron chi connectivity index (χ3n) is 6.42. The molecule has 1 amide bonds. The molecular weight excluding hydrogens is 378 g/mol. The molecule has 2 N–H and O–H groups in total. The maximum absolute atomic E-state index is 12.6. The number of ether oxygens (including phenoxy) is 2. The summed E-state index contributed by atoms with van der Waals surface area (Å²) in [6.07, 6.45) is 1.77. The number of nitrogens with zero attached hydrogens (tertiary/aromatic N) is 1. The van der Waals surface area contributed by atoms with E-state index < -0.39 is 0 Å². The lowest BCUT2D eigenvalue weighted by Crippen LogP contribution is -2.26. The van der Waals surface area contributed by atoms with Crippen LogP contribution >= 0.6 is 0 Å². The molecule has 3 fully saturated rings. The van der Waals surface area contributed by atoms with Crippen LogP contribution in [0.3, 0.4) is 0 Å². The zero-order valence-electron chi connectivity index (χ0n) is 16.8. The van der Waals surface area contributed by atoms with E-state index in [1.165, 1.54) is 0 Å². The maximum atomic E-state index is 12.6. The first-order valence-corrected chi connectivity index (χ1v) is 10.6. The smallest absolute Gasteiger partial charge is 0.228 e. The number of amides is 1. The summed E-state index contributed by atoms with van der Waals surface area (Å²) in [4.78, 5) is 12.6. The van der Waals surface area contributed by atoms with E-state index in [4.69, 9.17) is 9.47 Å². The molecule has 5 rings (SSSR count). The number of benzene rings is 2. The molecule has 2 heterocycles. The molecule has 0 spiro atoms. The number of nitrogens with one attached hydrogen (secondary N) is 2. The summed E-state index contributed by atoms with van der Waals surface area (Å²) in [6.45, 7) is 3.29. The van der Waals surface area contributed by atoms with Crippen molar-refractivity contribution in [2.45, 2.75) is 18.9 Å². The van der Waals surface area contributed by atoms with Gasteiger partial charge in [0.25, 0.3) is 0 Å². The highest BCUT2D eigenvalue weighted by Crippen LogP contribution is 2.49. The third kappa shape index (κ3) is 3.79. The largest absolute Gasteiger partial charge is 0.489 e. The molecule has 154 valence electrons. The van der Waals surface area contributed by atoms with E-state index in [1.807, 2.05) is 42.5 Å². The molecule has 0 aromatic heterocycles. The average molecular weight is 403 g/mol. The van der Waals surface area contributed by atoms with Gasteiger partial charge in [-0.05, 0) is 60.3 Å². The maximum Gasteiger partial charge on any atom is 0.228 e. The number of carbonyl (C=O) groups is 1. The minimum absolute atomic E-state index is 0.0901. The Kier molecular flexibility index (Phi) is 5.16. The first kappa shape index (κ1) is 19.1. The van der Waals surface area contributed by atoms with Gasteiger partial charge >= 0.3 is 0 Å². The fraction of sp³-hybridized carbons (Fsp3) is 0.417. The summed E-state index contributed by atoms with van der Waals surface area (Å²) in [5.74, 6) is 1.86. The van der Waals surface area contributed by atoms with Gasteiger partial charge < -0.3 is 20.1 Å². The van der Waals surface area contributed by atoms with Crippen molar-refractivity contribution in [2.75, 3.05) is 31.6 Å². The van der Waals surface area contributed by atoms with Gasteiger partial charge in [-0.25, -0.2) is 0 Å². The molecule has 2 saturated heterocycles. The number of hydrogen-bond donors (Lipinski definition) is 2. The van der Waals surface area contributed by atoms with Crippen LogP contribution in [-0.2, 0) is 9.53 Å². The van der Waals surface area contributed by atoms with Gasteiger partial charge in [0, 0.05) is 24.4 Å². The van der Waals surface area contributed by atoms with Crippen LogP contribution in [0.2, 0.25) is 0 Å². The molecule has 1 saturated carbocycles. The fourth-order valence-corrected chi connectivity index (χ4v) is 4.68. The van der Waals surface area contributed by atoms with Crippen molar-refractivity contribution in [1.82, 2.24) is 5.32 Å². The predicted octanol–water partition coefficient (Wildman–Crippen LogP) is 3.19. The topological polar surface area (TPSA) is 83.4 Å². The lowest BCUT2D eigenvalue weighted by Gasteiger charge is -2.23. The molecule has 30 heavy (non-hydrogen) atoms. The van der Waals surface area contributed by atoms with Crippen molar-refractivity contribution in [3.63, 3.8) is 0 Å². The third-order valence-corrected chi connectivity index (χ3v) is 6.42. The van der Waals surface area contributed by atoms with Gasteiger partial charge in [0.2, 0.25) is 5.91 Å². The summed E-state index contributed by atoms with van der Waals surface area (Å²) >= 11 is 0. The van der Waals surface area contributed by atoms with Crippen molar-refractivity contribution in [3.05, 3.63) is 48.0 Å². The van der Waals surface area contributed by atoms with Crippen LogP contribution in [0.5, 0.6) is 5.75 Å². The lowest BCUT2D eigenvalue weighted by molar-refractivity contribution is -0.118. The second kappa shape index (κ2) is 8.10. The van der Waals surface area contributed by atoms with Crippen molar-refractivity contribution in [1.29, 1.82) is 5.26 Å². The second-order valence-electron chi connectivity index (χ2n) is 8.33. The number of nitriles is 1. The van der Waals surface area contributed by atoms with E-state index in [-0.39, 0.29) is 17.9 Å². The van der Waals surface area contributed by atoms with Crippen LogP contribution in [0.1, 0.15) is 18.4 Å². The van der Waals surface area contributed by atoms with Gasteiger partial charge in [0.05, 0.1) is 18.8 Å². The molecule has 2 aromatic carbocycles. The average Bonchev–Trinajstić information content (AvgIpc) is 3.27. The Morgan fingerprint density at radius 2 is 1.87 bits per heavy atom. The first-order chi connectivity index (χ1) is 14.7. The molecule has 0 radical (unpaired) electrons. The van der Waals surface area contributed by atoms with E-state index in [0.29, 0.717) is 36.4 Å². The van der Waals surface area contributed by atoms with Gasteiger partial charge in [-0.1, -0.05) is 18.2 Å². The summed E-state index contributed by atoms with van der Waals surface area (Å²) in [5, 5.41) is 16.0. The van der Waals surface area contributed by atoms with Crippen LogP contribution in [0.25, 0.3) is 11.1 Å². The first-order valence-electron chi connectivity index (χ1n) is 10.6. The molecule has 2 aliphatic heterocycles. The van der Waals surface area contributed by atoms with Crippen molar-refractivity contribution < 1.29 is 14.3 Å². The predicted molar refractivity (Wildman–Crippen MR) is 113 cm³/mol. The standard InChI is InChI=1S/C24H25N3O3/c25-12-17-10-16(4-5-22(17)30-19-6-8-29-9-7-19)15-2-1-3-18(11-15)27-24(28)23-20-13-26-14-21(20)23/h1-5,10-11,19-21,23,26H,6-9,13-14H2,(H,27,28)/t20-,21+,23+.